The number of hydrogen-bond acceptors (Lipinski definition) is 3. The monoisotopic (exact) mass is 329 g/mol. The van der Waals surface area contributed by atoms with Crippen molar-refractivity contribution in [3.8, 4) is 0 Å². The third-order valence-corrected chi connectivity index (χ3v) is 4.71. The van der Waals surface area contributed by atoms with Crippen molar-refractivity contribution in [3.05, 3.63) is 58.6 Å². The van der Waals surface area contributed by atoms with E-state index in [9.17, 15) is 0 Å². The van der Waals surface area contributed by atoms with Gasteiger partial charge in [-0.1, -0.05) is 29.8 Å². The number of benzene rings is 2. The highest BCUT2D eigenvalue weighted by atomic mass is 35.5. The highest BCUT2D eigenvalue weighted by molar-refractivity contribution is 6.30. The van der Waals surface area contributed by atoms with Crippen molar-refractivity contribution in [1.29, 1.82) is 0 Å². The zero-order valence-electron chi connectivity index (χ0n) is 13.8. The van der Waals surface area contributed by atoms with Crippen molar-refractivity contribution < 1.29 is 0 Å². The summed E-state index contributed by atoms with van der Waals surface area (Å²) in [6.45, 7) is 7.44. The number of nitrogens with zero attached hydrogens (tertiary/aromatic N) is 2. The second-order valence-corrected chi connectivity index (χ2v) is 6.60. The topological polar surface area (TPSA) is 18.5 Å². The Morgan fingerprint density at radius 2 is 1.70 bits per heavy atom. The van der Waals surface area contributed by atoms with Crippen LogP contribution in [0.2, 0.25) is 5.02 Å². The van der Waals surface area contributed by atoms with Crippen LogP contribution in [0.4, 0.5) is 11.4 Å². The minimum absolute atomic E-state index is 0.803. The molecule has 3 rings (SSSR count). The normalized spacial score (nSPS) is 15.7. The maximum Gasteiger partial charge on any atom is 0.0605 e. The van der Waals surface area contributed by atoms with Gasteiger partial charge >= 0.3 is 0 Å². The fraction of sp³-hybridized carbons (Fsp3) is 0.368. The number of nitrogens with one attached hydrogen (secondary N) is 1. The molecule has 0 saturated carbocycles. The molecule has 1 aliphatic heterocycles. The van der Waals surface area contributed by atoms with Gasteiger partial charge in [0.1, 0.15) is 0 Å². The lowest BCUT2D eigenvalue weighted by Crippen LogP contribution is -2.46. The van der Waals surface area contributed by atoms with Crippen LogP contribution < -0.4 is 10.2 Å². The molecule has 0 bridgehead atoms. The maximum atomic E-state index is 5.96. The lowest BCUT2D eigenvalue weighted by atomic mass is 10.1. The van der Waals surface area contributed by atoms with Crippen molar-refractivity contribution in [3.63, 3.8) is 0 Å². The van der Waals surface area contributed by atoms with Crippen molar-refractivity contribution in [2.75, 3.05) is 43.4 Å². The molecule has 0 aliphatic carbocycles. The SMILES string of the molecule is CNc1ccc(C)cc1N1CCN(Cc2ccc(Cl)cc2)CC1. The summed E-state index contributed by atoms with van der Waals surface area (Å²) in [6.07, 6.45) is 0. The van der Waals surface area contributed by atoms with Gasteiger partial charge in [-0.2, -0.15) is 0 Å². The van der Waals surface area contributed by atoms with Gasteiger partial charge in [-0.3, -0.25) is 4.90 Å². The van der Waals surface area contributed by atoms with Crippen molar-refractivity contribution in [2.45, 2.75) is 13.5 Å². The minimum Gasteiger partial charge on any atom is -0.386 e. The third kappa shape index (κ3) is 3.98. The molecule has 0 spiro atoms. The largest absolute Gasteiger partial charge is 0.386 e. The van der Waals surface area contributed by atoms with Crippen LogP contribution >= 0.6 is 11.6 Å². The molecule has 122 valence electrons. The predicted octanol–water partition coefficient (Wildman–Crippen LogP) is 4.01. The van der Waals surface area contributed by atoms with Crippen LogP contribution in [0.25, 0.3) is 0 Å². The molecule has 1 heterocycles. The quantitative estimate of drug-likeness (QED) is 0.914. The highest BCUT2D eigenvalue weighted by Crippen LogP contribution is 2.28. The third-order valence-electron chi connectivity index (χ3n) is 4.45. The highest BCUT2D eigenvalue weighted by Gasteiger charge is 2.19. The molecule has 4 heteroatoms. The van der Waals surface area contributed by atoms with E-state index in [4.69, 9.17) is 11.6 Å². The first kappa shape index (κ1) is 16.2. The zero-order valence-corrected chi connectivity index (χ0v) is 14.6. The van der Waals surface area contributed by atoms with E-state index in [1.165, 1.54) is 22.5 Å². The lowest BCUT2D eigenvalue weighted by molar-refractivity contribution is 0.250. The Bertz CT molecular complexity index is 646. The molecule has 0 amide bonds. The van der Waals surface area contributed by atoms with E-state index in [0.29, 0.717) is 0 Å². The molecule has 23 heavy (non-hydrogen) atoms. The van der Waals surface area contributed by atoms with Crippen LogP contribution in [0.15, 0.2) is 42.5 Å². The number of anilines is 2. The van der Waals surface area contributed by atoms with Gasteiger partial charge in [0, 0.05) is 44.8 Å². The molecule has 0 radical (unpaired) electrons. The van der Waals surface area contributed by atoms with Crippen molar-refractivity contribution in [1.82, 2.24) is 4.90 Å². The summed E-state index contributed by atoms with van der Waals surface area (Å²) in [6, 6.07) is 14.8. The van der Waals surface area contributed by atoms with E-state index < -0.39 is 0 Å². The molecule has 0 unspecified atom stereocenters. The van der Waals surface area contributed by atoms with Gasteiger partial charge in [0.25, 0.3) is 0 Å². The minimum atomic E-state index is 0.803. The number of aryl methyl sites for hydroxylation is 1. The maximum absolute atomic E-state index is 5.96. The van der Waals surface area contributed by atoms with Gasteiger partial charge in [0.05, 0.1) is 11.4 Å². The van der Waals surface area contributed by atoms with Crippen molar-refractivity contribution >= 4 is 23.0 Å². The van der Waals surface area contributed by atoms with Gasteiger partial charge in [0.2, 0.25) is 0 Å². The first-order chi connectivity index (χ1) is 11.2. The van der Waals surface area contributed by atoms with Crippen LogP contribution in [0.5, 0.6) is 0 Å². The predicted molar refractivity (Wildman–Crippen MR) is 99.7 cm³/mol. The Kier molecular flexibility index (Phi) is 5.09. The second kappa shape index (κ2) is 7.24. The standard InChI is InChI=1S/C19H24ClN3/c1-15-3-8-18(21-2)19(13-15)23-11-9-22(10-12-23)14-16-4-6-17(20)7-5-16/h3-8,13,21H,9-12,14H2,1-2H3. The smallest absolute Gasteiger partial charge is 0.0605 e. The zero-order chi connectivity index (χ0) is 16.2. The van der Waals surface area contributed by atoms with Crippen LogP contribution in [0.3, 0.4) is 0 Å². The van der Waals surface area contributed by atoms with Crippen LogP contribution in [-0.2, 0) is 6.54 Å². The van der Waals surface area contributed by atoms with E-state index in [1.54, 1.807) is 0 Å². The molecule has 1 N–H and O–H groups in total. The fourth-order valence-corrected chi connectivity index (χ4v) is 3.24. The summed E-state index contributed by atoms with van der Waals surface area (Å²) in [5.74, 6) is 0. The molecule has 1 aliphatic rings. The Hall–Kier alpha value is -1.71. The molecule has 0 aromatic heterocycles. The van der Waals surface area contributed by atoms with Gasteiger partial charge in [0.15, 0.2) is 0 Å². The average Bonchev–Trinajstić information content (AvgIpc) is 2.58. The fourth-order valence-electron chi connectivity index (χ4n) is 3.11. The van der Waals surface area contributed by atoms with Crippen LogP contribution in [0.1, 0.15) is 11.1 Å². The first-order valence-electron chi connectivity index (χ1n) is 8.16. The van der Waals surface area contributed by atoms with E-state index in [1.807, 2.05) is 19.2 Å². The summed E-state index contributed by atoms with van der Waals surface area (Å²) in [4.78, 5) is 4.99. The van der Waals surface area contributed by atoms with Gasteiger partial charge in [-0.05, 0) is 42.3 Å². The Morgan fingerprint density at radius 3 is 2.35 bits per heavy atom. The van der Waals surface area contributed by atoms with E-state index in [2.05, 4.69) is 52.4 Å². The molecule has 0 atom stereocenters. The average molecular weight is 330 g/mol. The summed E-state index contributed by atoms with van der Waals surface area (Å²) < 4.78 is 0. The van der Waals surface area contributed by atoms with Crippen molar-refractivity contribution in [2.24, 2.45) is 0 Å². The summed E-state index contributed by atoms with van der Waals surface area (Å²) >= 11 is 5.96. The molecule has 3 nitrogen and oxygen atoms in total. The molecule has 1 saturated heterocycles. The number of halogens is 1. The Labute approximate surface area is 143 Å². The lowest BCUT2D eigenvalue weighted by Gasteiger charge is -2.37. The van der Waals surface area contributed by atoms with Crippen LogP contribution in [-0.4, -0.2) is 38.1 Å². The summed E-state index contributed by atoms with van der Waals surface area (Å²) in [5, 5.41) is 4.11. The Balaban J connectivity index is 1.62. The summed E-state index contributed by atoms with van der Waals surface area (Å²) in [5.41, 5.74) is 5.16. The summed E-state index contributed by atoms with van der Waals surface area (Å²) in [7, 11) is 1.99. The number of rotatable bonds is 4. The second-order valence-electron chi connectivity index (χ2n) is 6.16. The van der Waals surface area contributed by atoms with E-state index >= 15 is 0 Å². The van der Waals surface area contributed by atoms with E-state index in [0.717, 1.165) is 37.7 Å². The van der Waals surface area contributed by atoms with E-state index in [-0.39, 0.29) is 0 Å². The van der Waals surface area contributed by atoms with Gasteiger partial charge in [-0.15, -0.1) is 0 Å². The first-order valence-corrected chi connectivity index (χ1v) is 8.53. The Morgan fingerprint density at radius 1 is 1.00 bits per heavy atom. The molecular formula is C19H24ClN3. The molecule has 2 aromatic rings. The molecular weight excluding hydrogens is 306 g/mol. The number of piperazine rings is 1. The number of hydrogen-bond donors (Lipinski definition) is 1. The molecule has 1 fully saturated rings. The van der Waals surface area contributed by atoms with Crippen LogP contribution in [0, 0.1) is 6.92 Å². The van der Waals surface area contributed by atoms with Gasteiger partial charge in [-0.25, -0.2) is 0 Å². The molecule has 2 aromatic carbocycles. The van der Waals surface area contributed by atoms with Gasteiger partial charge < -0.3 is 10.2 Å².